The van der Waals surface area contributed by atoms with Gasteiger partial charge in [0.25, 0.3) is 0 Å². The molecule has 0 unspecified atom stereocenters. The van der Waals surface area contributed by atoms with E-state index in [0.29, 0.717) is 18.3 Å². The number of pyridine rings is 2. The Labute approximate surface area is 142 Å². The molecule has 0 aromatic carbocycles. The molecule has 4 heterocycles. The molecule has 1 amide bonds. The first-order valence-electron chi connectivity index (χ1n) is 8.58. The number of amides is 1. The van der Waals surface area contributed by atoms with E-state index in [0.717, 1.165) is 44.1 Å². The van der Waals surface area contributed by atoms with Crippen LogP contribution in [0.15, 0.2) is 48.8 Å². The average molecular weight is 322 g/mol. The van der Waals surface area contributed by atoms with Crippen LogP contribution < -0.4 is 0 Å². The summed E-state index contributed by atoms with van der Waals surface area (Å²) in [6.45, 7) is 4.81. The summed E-state index contributed by atoms with van der Waals surface area (Å²) in [5.74, 6) is 1.40. The Kier molecular flexibility index (Phi) is 4.26. The second-order valence-corrected chi connectivity index (χ2v) is 6.83. The molecule has 2 aromatic rings. The fourth-order valence-electron chi connectivity index (χ4n) is 3.91. The molecule has 0 saturated carbocycles. The molecule has 2 atom stereocenters. The third kappa shape index (κ3) is 3.31. The van der Waals surface area contributed by atoms with Gasteiger partial charge in [-0.15, -0.1) is 0 Å². The number of carbonyl (C=O) groups excluding carboxylic acids is 1. The lowest BCUT2D eigenvalue weighted by Gasteiger charge is -2.21. The number of hydrogen-bond donors (Lipinski definition) is 0. The van der Waals surface area contributed by atoms with Crippen molar-refractivity contribution in [2.75, 3.05) is 26.2 Å². The predicted molar refractivity (Wildman–Crippen MR) is 91.0 cm³/mol. The molecule has 0 spiro atoms. The van der Waals surface area contributed by atoms with E-state index >= 15 is 0 Å². The van der Waals surface area contributed by atoms with Crippen molar-refractivity contribution in [3.63, 3.8) is 0 Å². The minimum atomic E-state index is 0.208. The molecule has 0 N–H and O–H groups in total. The first kappa shape index (κ1) is 15.3. The summed E-state index contributed by atoms with van der Waals surface area (Å²) in [6.07, 6.45) is 4.01. The maximum atomic E-state index is 12.5. The van der Waals surface area contributed by atoms with E-state index in [2.05, 4.69) is 20.9 Å². The third-order valence-corrected chi connectivity index (χ3v) is 5.08. The molecule has 2 aliphatic rings. The average Bonchev–Trinajstić information content (AvgIpc) is 3.15. The lowest BCUT2D eigenvalue weighted by molar-refractivity contribution is -0.129. The smallest absolute Gasteiger partial charge is 0.228 e. The molecule has 2 saturated heterocycles. The van der Waals surface area contributed by atoms with Gasteiger partial charge < -0.3 is 4.90 Å². The molecule has 2 fully saturated rings. The Morgan fingerprint density at radius 2 is 1.54 bits per heavy atom. The second kappa shape index (κ2) is 6.69. The van der Waals surface area contributed by atoms with Crippen molar-refractivity contribution < 1.29 is 4.79 Å². The zero-order chi connectivity index (χ0) is 16.4. The summed E-state index contributed by atoms with van der Waals surface area (Å²) in [7, 11) is 0. The minimum Gasteiger partial charge on any atom is -0.342 e. The fraction of sp³-hybridized carbons (Fsp3) is 0.421. The van der Waals surface area contributed by atoms with Gasteiger partial charge in [-0.05, 0) is 36.1 Å². The summed E-state index contributed by atoms with van der Waals surface area (Å²) in [6, 6.07) is 11.8. The number of likely N-dealkylation sites (tertiary alicyclic amines) is 2. The second-order valence-electron chi connectivity index (χ2n) is 6.83. The topological polar surface area (TPSA) is 49.3 Å². The highest BCUT2D eigenvalue weighted by Gasteiger charge is 2.41. The van der Waals surface area contributed by atoms with Gasteiger partial charge in [0.05, 0.1) is 12.1 Å². The van der Waals surface area contributed by atoms with Crippen LogP contribution in [0.2, 0.25) is 0 Å². The Hall–Kier alpha value is -2.27. The van der Waals surface area contributed by atoms with Crippen molar-refractivity contribution >= 4 is 5.91 Å². The standard InChI is InChI=1S/C19H22N4O/c24-19(9-17-5-1-3-7-20-17)23-12-15-10-22(11-16(15)13-23)14-18-6-2-4-8-21-18/h1-8,15-16H,9-14H2/t15-,16+. The molecule has 0 bridgehead atoms. The highest BCUT2D eigenvalue weighted by atomic mass is 16.2. The van der Waals surface area contributed by atoms with Gasteiger partial charge in [0.1, 0.15) is 0 Å². The third-order valence-electron chi connectivity index (χ3n) is 5.08. The molecule has 0 aliphatic carbocycles. The van der Waals surface area contributed by atoms with E-state index < -0.39 is 0 Å². The zero-order valence-corrected chi connectivity index (χ0v) is 13.7. The maximum absolute atomic E-state index is 12.5. The summed E-state index contributed by atoms with van der Waals surface area (Å²) in [5.41, 5.74) is 1.98. The highest BCUT2D eigenvalue weighted by molar-refractivity contribution is 5.78. The van der Waals surface area contributed by atoms with Crippen LogP contribution in [0, 0.1) is 11.8 Å². The van der Waals surface area contributed by atoms with Crippen LogP contribution in [0.1, 0.15) is 11.4 Å². The fourth-order valence-corrected chi connectivity index (χ4v) is 3.91. The van der Waals surface area contributed by atoms with Crippen LogP contribution in [0.25, 0.3) is 0 Å². The quantitative estimate of drug-likeness (QED) is 0.858. The van der Waals surface area contributed by atoms with Crippen molar-refractivity contribution in [2.45, 2.75) is 13.0 Å². The van der Waals surface area contributed by atoms with E-state index in [-0.39, 0.29) is 5.91 Å². The minimum absolute atomic E-state index is 0.208. The molecule has 124 valence electrons. The number of hydrogen-bond acceptors (Lipinski definition) is 4. The maximum Gasteiger partial charge on any atom is 0.228 e. The molecular formula is C19H22N4O. The Balaban J connectivity index is 1.30. The highest BCUT2D eigenvalue weighted by Crippen LogP contribution is 2.32. The monoisotopic (exact) mass is 322 g/mol. The van der Waals surface area contributed by atoms with Crippen molar-refractivity contribution in [3.8, 4) is 0 Å². The molecule has 4 rings (SSSR count). The van der Waals surface area contributed by atoms with Crippen LogP contribution in [0.4, 0.5) is 0 Å². The van der Waals surface area contributed by atoms with E-state index in [4.69, 9.17) is 0 Å². The van der Waals surface area contributed by atoms with Crippen LogP contribution in [-0.2, 0) is 17.8 Å². The predicted octanol–water partition coefficient (Wildman–Crippen LogP) is 1.61. The Bertz CT molecular complexity index is 677. The van der Waals surface area contributed by atoms with Crippen molar-refractivity contribution in [2.24, 2.45) is 11.8 Å². The molecule has 2 aliphatic heterocycles. The van der Waals surface area contributed by atoms with Gasteiger partial charge in [-0.2, -0.15) is 0 Å². The molecule has 5 heteroatoms. The van der Waals surface area contributed by atoms with E-state index in [9.17, 15) is 4.79 Å². The van der Waals surface area contributed by atoms with Gasteiger partial charge in [-0.25, -0.2) is 0 Å². The summed E-state index contributed by atoms with van der Waals surface area (Å²) in [4.78, 5) is 25.7. The Morgan fingerprint density at radius 1 is 0.917 bits per heavy atom. The summed E-state index contributed by atoms with van der Waals surface area (Å²) >= 11 is 0. The number of rotatable bonds is 4. The first-order valence-corrected chi connectivity index (χ1v) is 8.58. The van der Waals surface area contributed by atoms with Gasteiger partial charge in [0.15, 0.2) is 0 Å². The Morgan fingerprint density at radius 3 is 2.12 bits per heavy atom. The molecular weight excluding hydrogens is 300 g/mol. The molecule has 0 radical (unpaired) electrons. The van der Waals surface area contributed by atoms with E-state index in [1.54, 1.807) is 6.20 Å². The van der Waals surface area contributed by atoms with Crippen LogP contribution in [-0.4, -0.2) is 51.9 Å². The normalized spacial score (nSPS) is 23.4. The van der Waals surface area contributed by atoms with Gasteiger partial charge in [0.2, 0.25) is 5.91 Å². The zero-order valence-electron chi connectivity index (χ0n) is 13.7. The number of aromatic nitrogens is 2. The molecule has 5 nitrogen and oxygen atoms in total. The van der Waals surface area contributed by atoms with Crippen molar-refractivity contribution in [1.82, 2.24) is 19.8 Å². The first-order chi connectivity index (χ1) is 11.8. The number of carbonyl (C=O) groups is 1. The molecule has 24 heavy (non-hydrogen) atoms. The largest absolute Gasteiger partial charge is 0.342 e. The SMILES string of the molecule is O=C(Cc1ccccn1)N1C[C@H]2CN(Cc3ccccn3)C[C@H]2C1. The summed E-state index contributed by atoms with van der Waals surface area (Å²) in [5, 5.41) is 0. The lowest BCUT2D eigenvalue weighted by Crippen LogP contribution is -2.34. The van der Waals surface area contributed by atoms with Gasteiger partial charge in [-0.3, -0.25) is 19.7 Å². The van der Waals surface area contributed by atoms with Gasteiger partial charge in [0, 0.05) is 50.8 Å². The van der Waals surface area contributed by atoms with Gasteiger partial charge in [-0.1, -0.05) is 12.1 Å². The number of fused-ring (bicyclic) bond motifs is 1. The van der Waals surface area contributed by atoms with Crippen LogP contribution in [0.3, 0.4) is 0 Å². The van der Waals surface area contributed by atoms with E-state index in [1.807, 2.05) is 41.4 Å². The lowest BCUT2D eigenvalue weighted by atomic mass is 10.0. The van der Waals surface area contributed by atoms with E-state index in [1.165, 1.54) is 0 Å². The van der Waals surface area contributed by atoms with Crippen molar-refractivity contribution in [3.05, 3.63) is 60.2 Å². The number of nitrogens with zero attached hydrogens (tertiary/aromatic N) is 4. The van der Waals surface area contributed by atoms with Gasteiger partial charge >= 0.3 is 0 Å². The summed E-state index contributed by atoms with van der Waals surface area (Å²) < 4.78 is 0. The van der Waals surface area contributed by atoms with Crippen molar-refractivity contribution in [1.29, 1.82) is 0 Å². The molecule has 2 aromatic heterocycles. The van der Waals surface area contributed by atoms with Crippen LogP contribution in [0.5, 0.6) is 0 Å². The van der Waals surface area contributed by atoms with Crippen LogP contribution >= 0.6 is 0 Å².